The average Bonchev–Trinajstić information content (AvgIpc) is 2.79. The molecule has 4 nitrogen and oxygen atoms in total. The third-order valence-corrected chi connectivity index (χ3v) is 2.81. The predicted octanol–water partition coefficient (Wildman–Crippen LogP) is 3.56. The Morgan fingerprint density at radius 1 is 1.25 bits per heavy atom. The zero-order valence-electron chi connectivity index (χ0n) is 13.4. The van der Waals surface area contributed by atoms with Gasteiger partial charge in [-0.25, -0.2) is 0 Å². The van der Waals surface area contributed by atoms with Gasteiger partial charge in [0, 0.05) is 0 Å². The fraction of sp³-hybridized carbons (Fsp3) is 0.625. The fourth-order valence-electron chi connectivity index (χ4n) is 1.92. The summed E-state index contributed by atoms with van der Waals surface area (Å²) in [6, 6.07) is 5.86. The number of methoxy groups -OCH3 is 1. The lowest BCUT2D eigenvalue weighted by Crippen LogP contribution is -2.25. The Bertz CT molecular complexity index is 415. The van der Waals surface area contributed by atoms with Crippen molar-refractivity contribution in [1.82, 2.24) is 0 Å². The van der Waals surface area contributed by atoms with Crippen LogP contribution in [0.4, 0.5) is 0 Å². The molecule has 1 aromatic carbocycles. The van der Waals surface area contributed by atoms with E-state index in [4.69, 9.17) is 18.9 Å². The quantitative estimate of drug-likeness (QED) is 0.846. The largest absolute Gasteiger partial charge is 0.493 e. The molecule has 1 fully saturated rings. The van der Waals surface area contributed by atoms with Crippen LogP contribution < -0.4 is 9.47 Å². The molecule has 0 aliphatic carbocycles. The molecule has 114 valence electrons. The lowest BCUT2D eigenvalue weighted by Gasteiger charge is -2.18. The van der Waals surface area contributed by atoms with E-state index in [0.717, 1.165) is 17.1 Å². The van der Waals surface area contributed by atoms with Crippen LogP contribution in [0.1, 0.15) is 33.3 Å². The summed E-state index contributed by atoms with van der Waals surface area (Å²) in [7, 11) is 1.64. The van der Waals surface area contributed by atoms with Gasteiger partial charge < -0.3 is 18.9 Å². The first-order valence-electron chi connectivity index (χ1n) is 7.09. The van der Waals surface area contributed by atoms with Crippen LogP contribution >= 0.6 is 0 Å². The van der Waals surface area contributed by atoms with E-state index in [2.05, 4.69) is 0 Å². The van der Waals surface area contributed by atoms with Crippen molar-refractivity contribution in [3.63, 3.8) is 0 Å². The maximum absolute atomic E-state index is 5.73. The molecule has 0 N–H and O–H groups in total. The predicted molar refractivity (Wildman–Crippen MR) is 79.5 cm³/mol. The van der Waals surface area contributed by atoms with Crippen LogP contribution in [-0.4, -0.2) is 32.2 Å². The molecule has 0 spiro atoms. The highest BCUT2D eigenvalue weighted by molar-refractivity contribution is 5.42. The summed E-state index contributed by atoms with van der Waals surface area (Å²) < 4.78 is 22.2. The van der Waals surface area contributed by atoms with Crippen molar-refractivity contribution < 1.29 is 18.9 Å². The van der Waals surface area contributed by atoms with Crippen molar-refractivity contribution in [3.8, 4) is 11.5 Å². The van der Waals surface area contributed by atoms with Crippen LogP contribution in [-0.2, 0) is 9.47 Å². The SMILES string of the molecule is CC.COc1cc(C)ccc1OCC1COC(C)(C)O1. The summed E-state index contributed by atoms with van der Waals surface area (Å²) in [5, 5.41) is 0. The Kier molecular flexibility index (Phi) is 6.30. The van der Waals surface area contributed by atoms with E-state index in [1.165, 1.54) is 0 Å². The Hall–Kier alpha value is -1.26. The average molecular weight is 282 g/mol. The molecule has 20 heavy (non-hydrogen) atoms. The monoisotopic (exact) mass is 282 g/mol. The smallest absolute Gasteiger partial charge is 0.163 e. The first-order chi connectivity index (χ1) is 9.50. The minimum Gasteiger partial charge on any atom is -0.493 e. The molecule has 0 aromatic heterocycles. The molecule has 0 amide bonds. The molecular weight excluding hydrogens is 256 g/mol. The van der Waals surface area contributed by atoms with Gasteiger partial charge in [0.1, 0.15) is 12.7 Å². The molecular formula is C16H26O4. The molecule has 0 radical (unpaired) electrons. The maximum atomic E-state index is 5.73. The highest BCUT2D eigenvalue weighted by Gasteiger charge is 2.33. The molecule has 1 heterocycles. The van der Waals surface area contributed by atoms with E-state index in [1.807, 2.05) is 52.8 Å². The highest BCUT2D eigenvalue weighted by Crippen LogP contribution is 2.29. The summed E-state index contributed by atoms with van der Waals surface area (Å²) in [6.07, 6.45) is -0.0361. The second-order valence-electron chi connectivity index (χ2n) is 4.92. The third-order valence-electron chi connectivity index (χ3n) is 2.81. The molecule has 1 saturated heterocycles. The summed E-state index contributed by atoms with van der Waals surface area (Å²) in [5.41, 5.74) is 1.14. The fourth-order valence-corrected chi connectivity index (χ4v) is 1.92. The van der Waals surface area contributed by atoms with Crippen molar-refractivity contribution in [2.75, 3.05) is 20.3 Å². The van der Waals surface area contributed by atoms with Crippen molar-refractivity contribution in [2.24, 2.45) is 0 Å². The summed E-state index contributed by atoms with van der Waals surface area (Å²) in [4.78, 5) is 0. The first-order valence-corrected chi connectivity index (χ1v) is 7.09. The summed E-state index contributed by atoms with van der Waals surface area (Å²) in [5.74, 6) is 0.968. The van der Waals surface area contributed by atoms with Gasteiger partial charge in [-0.3, -0.25) is 0 Å². The summed E-state index contributed by atoms with van der Waals surface area (Å²) in [6.45, 7) is 10.8. The van der Waals surface area contributed by atoms with Crippen LogP contribution in [0.15, 0.2) is 18.2 Å². The van der Waals surface area contributed by atoms with Gasteiger partial charge in [-0.05, 0) is 38.5 Å². The van der Waals surface area contributed by atoms with Gasteiger partial charge in [-0.2, -0.15) is 0 Å². The van der Waals surface area contributed by atoms with E-state index in [-0.39, 0.29) is 6.10 Å². The van der Waals surface area contributed by atoms with Gasteiger partial charge in [0.15, 0.2) is 17.3 Å². The number of rotatable bonds is 4. The molecule has 1 aromatic rings. The maximum Gasteiger partial charge on any atom is 0.163 e. The zero-order valence-corrected chi connectivity index (χ0v) is 13.4. The van der Waals surface area contributed by atoms with E-state index >= 15 is 0 Å². The third kappa shape index (κ3) is 4.69. The number of hydrogen-bond donors (Lipinski definition) is 0. The van der Waals surface area contributed by atoms with Gasteiger partial charge in [0.25, 0.3) is 0 Å². The van der Waals surface area contributed by atoms with E-state index in [1.54, 1.807) is 7.11 Å². The van der Waals surface area contributed by atoms with Crippen molar-refractivity contribution in [3.05, 3.63) is 23.8 Å². The van der Waals surface area contributed by atoms with Crippen molar-refractivity contribution in [1.29, 1.82) is 0 Å². The molecule has 0 bridgehead atoms. The van der Waals surface area contributed by atoms with E-state index in [9.17, 15) is 0 Å². The number of ether oxygens (including phenoxy) is 4. The topological polar surface area (TPSA) is 36.9 Å². The molecule has 1 unspecified atom stereocenters. The second-order valence-corrected chi connectivity index (χ2v) is 4.92. The van der Waals surface area contributed by atoms with Crippen LogP contribution in [0.2, 0.25) is 0 Å². The van der Waals surface area contributed by atoms with Crippen LogP contribution in [0, 0.1) is 6.92 Å². The Labute approximate surface area is 122 Å². The van der Waals surface area contributed by atoms with Gasteiger partial charge in [-0.15, -0.1) is 0 Å². The lowest BCUT2D eigenvalue weighted by atomic mass is 10.2. The van der Waals surface area contributed by atoms with Crippen LogP contribution in [0.25, 0.3) is 0 Å². The minimum atomic E-state index is -0.509. The molecule has 4 heteroatoms. The molecule has 0 saturated carbocycles. The van der Waals surface area contributed by atoms with Gasteiger partial charge in [0.2, 0.25) is 0 Å². The van der Waals surface area contributed by atoms with Crippen LogP contribution in [0.3, 0.4) is 0 Å². The van der Waals surface area contributed by atoms with Crippen molar-refractivity contribution in [2.45, 2.75) is 46.5 Å². The van der Waals surface area contributed by atoms with Gasteiger partial charge in [0.05, 0.1) is 13.7 Å². The lowest BCUT2D eigenvalue weighted by molar-refractivity contribution is -0.141. The molecule has 1 aliphatic heterocycles. The second kappa shape index (κ2) is 7.50. The molecule has 2 rings (SSSR count). The normalized spacial score (nSPS) is 20.0. The molecule has 1 atom stereocenters. The molecule has 1 aliphatic rings. The van der Waals surface area contributed by atoms with E-state index in [0.29, 0.717) is 13.2 Å². The Morgan fingerprint density at radius 2 is 1.95 bits per heavy atom. The number of hydrogen-bond acceptors (Lipinski definition) is 4. The van der Waals surface area contributed by atoms with Crippen molar-refractivity contribution >= 4 is 0 Å². The van der Waals surface area contributed by atoms with Gasteiger partial charge >= 0.3 is 0 Å². The standard InChI is InChI=1S/C14H20O4.C2H6/c1-10-5-6-12(13(7-10)15-4)16-8-11-9-17-14(2,3)18-11;1-2/h5-7,11H,8-9H2,1-4H3;1-2H3. The number of aryl methyl sites for hydroxylation is 1. The Morgan fingerprint density at radius 3 is 2.50 bits per heavy atom. The van der Waals surface area contributed by atoms with E-state index < -0.39 is 5.79 Å². The zero-order chi connectivity index (χ0) is 15.2. The van der Waals surface area contributed by atoms with Crippen LogP contribution in [0.5, 0.6) is 11.5 Å². The minimum absolute atomic E-state index is 0.0361. The summed E-state index contributed by atoms with van der Waals surface area (Å²) >= 11 is 0. The Balaban J connectivity index is 0.000000956. The first kappa shape index (κ1) is 16.8. The van der Waals surface area contributed by atoms with Gasteiger partial charge in [-0.1, -0.05) is 19.9 Å². The number of benzene rings is 1. The highest BCUT2D eigenvalue weighted by atomic mass is 16.7.